The number of carbonyl (C=O) groups excluding carboxylic acids is 1. The highest BCUT2D eigenvalue weighted by Gasteiger charge is 2.34. The fraction of sp³-hybridized carbons (Fsp3) is 0.381. The van der Waals surface area contributed by atoms with Crippen molar-refractivity contribution in [3.63, 3.8) is 0 Å². The van der Waals surface area contributed by atoms with E-state index in [1.807, 2.05) is 24.3 Å². The molecule has 1 aliphatic carbocycles. The molecule has 2 aromatic carbocycles. The summed E-state index contributed by atoms with van der Waals surface area (Å²) in [5, 5.41) is 2.80. The first-order chi connectivity index (χ1) is 13.3. The lowest BCUT2D eigenvalue weighted by atomic mass is 9.85. The van der Waals surface area contributed by atoms with Crippen LogP contribution in [0.2, 0.25) is 0 Å². The molecule has 2 atom stereocenters. The molecule has 0 saturated heterocycles. The molecule has 148 valence electrons. The number of halogens is 3. The molecular formula is C21H21F3N2OS. The van der Waals surface area contributed by atoms with Gasteiger partial charge < -0.3 is 11.1 Å². The van der Waals surface area contributed by atoms with Gasteiger partial charge in [0.1, 0.15) is 0 Å². The Labute approximate surface area is 165 Å². The van der Waals surface area contributed by atoms with Gasteiger partial charge in [-0.2, -0.15) is 13.2 Å². The maximum absolute atomic E-state index is 13.4. The van der Waals surface area contributed by atoms with Crippen LogP contribution in [0.3, 0.4) is 0 Å². The molecule has 2 aromatic rings. The summed E-state index contributed by atoms with van der Waals surface area (Å²) in [6.07, 6.45) is -0.933. The summed E-state index contributed by atoms with van der Waals surface area (Å²) in [6.45, 7) is 0. The Kier molecular flexibility index (Phi) is 5.14. The quantitative estimate of drug-likeness (QED) is 0.614. The number of fused-ring (bicyclic) bond motifs is 2. The van der Waals surface area contributed by atoms with E-state index in [2.05, 4.69) is 5.32 Å². The number of carbonyl (C=O) groups is 1. The van der Waals surface area contributed by atoms with Crippen LogP contribution in [0.4, 0.5) is 18.9 Å². The largest absolute Gasteiger partial charge is 0.416 e. The number of benzene rings is 2. The summed E-state index contributed by atoms with van der Waals surface area (Å²) >= 11 is 1.32. The summed E-state index contributed by atoms with van der Waals surface area (Å²) in [5.74, 6) is -0.488. The van der Waals surface area contributed by atoms with Crippen LogP contribution < -0.4 is 11.1 Å². The fourth-order valence-electron chi connectivity index (χ4n) is 3.95. The van der Waals surface area contributed by atoms with Gasteiger partial charge in [0.2, 0.25) is 5.91 Å². The van der Waals surface area contributed by atoms with E-state index in [4.69, 9.17) is 5.73 Å². The number of rotatable bonds is 2. The maximum atomic E-state index is 13.4. The Hall–Kier alpha value is -1.99. The van der Waals surface area contributed by atoms with Gasteiger partial charge in [0.25, 0.3) is 0 Å². The Bertz CT molecular complexity index is 913. The highest BCUT2D eigenvalue weighted by Crippen LogP contribution is 2.45. The monoisotopic (exact) mass is 406 g/mol. The molecule has 2 aliphatic rings. The fourth-order valence-corrected chi connectivity index (χ4v) is 5.10. The van der Waals surface area contributed by atoms with Crippen molar-refractivity contribution in [2.24, 2.45) is 11.7 Å². The predicted octanol–water partition coefficient (Wildman–Crippen LogP) is 5.22. The maximum Gasteiger partial charge on any atom is 0.416 e. The van der Waals surface area contributed by atoms with Crippen LogP contribution in [0, 0.1) is 5.92 Å². The van der Waals surface area contributed by atoms with E-state index in [1.54, 1.807) is 0 Å². The van der Waals surface area contributed by atoms with E-state index in [1.165, 1.54) is 17.8 Å². The summed E-state index contributed by atoms with van der Waals surface area (Å²) < 4.78 is 40.3. The SMILES string of the molecule is N[C@H]1CCC[C@@H](C(=O)Nc2cc(C(F)(F)F)cc3c2Cc2ccccc2S3)C1. The molecule has 0 unspecified atom stereocenters. The van der Waals surface area contributed by atoms with Crippen LogP contribution >= 0.6 is 11.8 Å². The number of nitrogens with one attached hydrogen (secondary N) is 1. The number of amides is 1. The summed E-state index contributed by atoms with van der Waals surface area (Å²) in [4.78, 5) is 14.2. The minimum Gasteiger partial charge on any atom is -0.328 e. The Morgan fingerprint density at radius 3 is 2.68 bits per heavy atom. The molecule has 1 fully saturated rings. The lowest BCUT2D eigenvalue weighted by molar-refractivity contribution is -0.137. The zero-order valence-corrected chi connectivity index (χ0v) is 16.0. The molecule has 0 aromatic heterocycles. The van der Waals surface area contributed by atoms with Crippen molar-refractivity contribution in [3.8, 4) is 0 Å². The molecule has 3 nitrogen and oxygen atoms in total. The molecule has 1 heterocycles. The predicted molar refractivity (Wildman–Crippen MR) is 103 cm³/mol. The average molecular weight is 406 g/mol. The topological polar surface area (TPSA) is 55.1 Å². The number of anilines is 1. The van der Waals surface area contributed by atoms with Gasteiger partial charge in [-0.1, -0.05) is 36.4 Å². The Morgan fingerprint density at radius 1 is 1.14 bits per heavy atom. The normalized spacial score (nSPS) is 21.6. The minimum absolute atomic E-state index is 0.0256. The van der Waals surface area contributed by atoms with Gasteiger partial charge in [-0.3, -0.25) is 4.79 Å². The van der Waals surface area contributed by atoms with Crippen LogP contribution in [0.25, 0.3) is 0 Å². The van der Waals surface area contributed by atoms with Gasteiger partial charge in [0.15, 0.2) is 0 Å². The second-order valence-electron chi connectivity index (χ2n) is 7.50. The van der Waals surface area contributed by atoms with Gasteiger partial charge in [-0.15, -0.1) is 0 Å². The molecule has 0 spiro atoms. The second-order valence-corrected chi connectivity index (χ2v) is 8.58. The van der Waals surface area contributed by atoms with Crippen LogP contribution in [0.15, 0.2) is 46.2 Å². The van der Waals surface area contributed by atoms with Gasteiger partial charge in [-0.25, -0.2) is 0 Å². The number of alkyl halides is 3. The molecule has 7 heteroatoms. The Morgan fingerprint density at radius 2 is 1.93 bits per heavy atom. The van der Waals surface area contributed by atoms with Crippen LogP contribution in [0.5, 0.6) is 0 Å². The first-order valence-electron chi connectivity index (χ1n) is 9.37. The molecular weight excluding hydrogens is 385 g/mol. The molecule has 3 N–H and O–H groups in total. The van der Waals surface area contributed by atoms with E-state index in [0.29, 0.717) is 17.7 Å². The molecule has 4 rings (SSSR count). The van der Waals surface area contributed by atoms with Crippen molar-refractivity contribution in [1.29, 1.82) is 0 Å². The molecule has 1 saturated carbocycles. The average Bonchev–Trinajstić information content (AvgIpc) is 2.65. The number of nitrogens with two attached hydrogens (primary N) is 1. The van der Waals surface area contributed by atoms with Crippen LogP contribution in [0.1, 0.15) is 42.4 Å². The third-order valence-electron chi connectivity index (χ3n) is 5.44. The molecule has 0 radical (unpaired) electrons. The van der Waals surface area contributed by atoms with Crippen molar-refractivity contribution >= 4 is 23.4 Å². The highest BCUT2D eigenvalue weighted by molar-refractivity contribution is 7.99. The first kappa shape index (κ1) is 19.3. The van der Waals surface area contributed by atoms with Gasteiger partial charge in [-0.05, 0) is 48.6 Å². The molecule has 0 bridgehead atoms. The van der Waals surface area contributed by atoms with Crippen molar-refractivity contribution in [1.82, 2.24) is 0 Å². The van der Waals surface area contributed by atoms with E-state index < -0.39 is 11.7 Å². The minimum atomic E-state index is -4.47. The first-order valence-corrected chi connectivity index (χ1v) is 10.2. The summed E-state index contributed by atoms with van der Waals surface area (Å²) in [6, 6.07) is 9.88. The van der Waals surface area contributed by atoms with Crippen molar-refractivity contribution in [3.05, 3.63) is 53.1 Å². The lowest BCUT2D eigenvalue weighted by Crippen LogP contribution is -2.34. The highest BCUT2D eigenvalue weighted by atomic mass is 32.2. The van der Waals surface area contributed by atoms with Gasteiger partial charge in [0.05, 0.1) is 5.56 Å². The smallest absolute Gasteiger partial charge is 0.328 e. The zero-order valence-electron chi connectivity index (χ0n) is 15.2. The van der Waals surface area contributed by atoms with Gasteiger partial charge >= 0.3 is 6.18 Å². The third-order valence-corrected chi connectivity index (χ3v) is 6.64. The van der Waals surface area contributed by atoms with E-state index in [0.717, 1.165) is 41.4 Å². The second kappa shape index (κ2) is 7.44. The van der Waals surface area contributed by atoms with Crippen molar-refractivity contribution in [2.75, 3.05) is 5.32 Å². The van der Waals surface area contributed by atoms with Crippen LogP contribution in [-0.4, -0.2) is 11.9 Å². The van der Waals surface area contributed by atoms with Crippen LogP contribution in [-0.2, 0) is 17.4 Å². The zero-order chi connectivity index (χ0) is 19.9. The summed E-state index contributed by atoms with van der Waals surface area (Å²) in [7, 11) is 0. The van der Waals surface area contributed by atoms with E-state index in [9.17, 15) is 18.0 Å². The number of hydrogen-bond donors (Lipinski definition) is 2. The Balaban J connectivity index is 1.69. The van der Waals surface area contributed by atoms with E-state index in [-0.39, 0.29) is 23.6 Å². The van der Waals surface area contributed by atoms with Crippen molar-refractivity contribution < 1.29 is 18.0 Å². The third kappa shape index (κ3) is 3.91. The molecule has 1 aliphatic heterocycles. The summed E-state index contributed by atoms with van der Waals surface area (Å²) in [5.41, 5.74) is 7.28. The standard InChI is InChI=1S/C21H21F3N2OS/c22-21(23,24)14-10-17(26-20(27)13-5-3-6-15(25)8-13)16-9-12-4-1-2-7-18(12)28-19(16)11-14/h1-2,4,7,10-11,13,15H,3,5-6,8-9,25H2,(H,26,27)/t13-,15+/m1/s1. The van der Waals surface area contributed by atoms with E-state index >= 15 is 0 Å². The molecule has 28 heavy (non-hydrogen) atoms. The van der Waals surface area contributed by atoms with Gasteiger partial charge in [0, 0.05) is 33.9 Å². The molecule has 1 amide bonds. The lowest BCUT2D eigenvalue weighted by Gasteiger charge is -2.27. The van der Waals surface area contributed by atoms with Crippen molar-refractivity contribution in [2.45, 2.75) is 54.1 Å². The number of hydrogen-bond acceptors (Lipinski definition) is 3.